The lowest BCUT2D eigenvalue weighted by Crippen LogP contribution is -2.33. The standard InChI is InChI=1S/C27H28N2O4/c1-17(2)32-21-11-7-19(8-12-21)27-29-25(23-15-22(31-4)13-14-26(23)33-27)16-24(28-29)18-5-9-20(30-3)10-6-18/h5-15,17,25,27H,16H2,1-4H3/t25-,27-/m1/s1. The number of fused-ring (bicyclic) bond motifs is 3. The first-order chi connectivity index (χ1) is 16.1. The molecule has 6 heteroatoms. The Bertz CT molecular complexity index is 1160. The van der Waals surface area contributed by atoms with Crippen molar-refractivity contribution in [3.8, 4) is 23.0 Å². The van der Waals surface area contributed by atoms with Gasteiger partial charge in [0.15, 0.2) is 0 Å². The summed E-state index contributed by atoms with van der Waals surface area (Å²) in [6.07, 6.45) is 0.573. The average molecular weight is 445 g/mol. The van der Waals surface area contributed by atoms with Crippen molar-refractivity contribution in [3.05, 3.63) is 83.4 Å². The fourth-order valence-electron chi connectivity index (χ4n) is 4.35. The molecular formula is C27H28N2O4. The molecule has 0 fully saturated rings. The van der Waals surface area contributed by atoms with Crippen LogP contribution in [-0.2, 0) is 0 Å². The molecule has 5 rings (SSSR count). The van der Waals surface area contributed by atoms with Crippen LogP contribution in [0.4, 0.5) is 0 Å². The third-order valence-electron chi connectivity index (χ3n) is 5.96. The number of rotatable bonds is 6. The van der Waals surface area contributed by atoms with Crippen LogP contribution < -0.4 is 18.9 Å². The number of nitrogens with zero attached hydrogens (tertiary/aromatic N) is 2. The summed E-state index contributed by atoms with van der Waals surface area (Å²) in [4.78, 5) is 0. The predicted molar refractivity (Wildman–Crippen MR) is 127 cm³/mol. The van der Waals surface area contributed by atoms with E-state index >= 15 is 0 Å². The van der Waals surface area contributed by atoms with Gasteiger partial charge in [-0.05, 0) is 86.1 Å². The van der Waals surface area contributed by atoms with Gasteiger partial charge in [0, 0.05) is 17.5 Å². The first-order valence-electron chi connectivity index (χ1n) is 11.2. The summed E-state index contributed by atoms with van der Waals surface area (Å²) in [5.41, 5.74) is 4.20. The average Bonchev–Trinajstić information content (AvgIpc) is 3.29. The molecule has 2 atom stereocenters. The molecule has 2 aliphatic heterocycles. The Labute approximate surface area is 194 Å². The second kappa shape index (κ2) is 8.70. The van der Waals surface area contributed by atoms with E-state index in [2.05, 4.69) is 35.3 Å². The molecule has 0 saturated carbocycles. The summed E-state index contributed by atoms with van der Waals surface area (Å²) in [5, 5.41) is 7.10. The van der Waals surface area contributed by atoms with E-state index in [9.17, 15) is 0 Å². The van der Waals surface area contributed by atoms with Gasteiger partial charge in [-0.3, -0.25) is 0 Å². The number of benzene rings is 3. The molecule has 0 radical (unpaired) electrons. The highest BCUT2D eigenvalue weighted by atomic mass is 16.5. The molecule has 6 nitrogen and oxygen atoms in total. The Hall–Kier alpha value is -3.67. The van der Waals surface area contributed by atoms with Gasteiger partial charge in [-0.25, -0.2) is 5.01 Å². The Balaban J connectivity index is 1.52. The Morgan fingerprint density at radius 2 is 1.55 bits per heavy atom. The van der Waals surface area contributed by atoms with Gasteiger partial charge in [-0.15, -0.1) is 0 Å². The predicted octanol–water partition coefficient (Wildman–Crippen LogP) is 5.73. The lowest BCUT2D eigenvalue weighted by molar-refractivity contribution is -0.0191. The quantitative estimate of drug-likeness (QED) is 0.486. The van der Waals surface area contributed by atoms with Crippen molar-refractivity contribution in [3.63, 3.8) is 0 Å². The molecule has 3 aromatic rings. The van der Waals surface area contributed by atoms with Crippen molar-refractivity contribution < 1.29 is 18.9 Å². The van der Waals surface area contributed by atoms with Crippen LogP contribution in [0.5, 0.6) is 23.0 Å². The summed E-state index contributed by atoms with van der Waals surface area (Å²) < 4.78 is 23.1. The van der Waals surface area contributed by atoms with Gasteiger partial charge in [0.2, 0.25) is 6.23 Å². The van der Waals surface area contributed by atoms with Crippen LogP contribution in [0.15, 0.2) is 71.8 Å². The highest BCUT2D eigenvalue weighted by Gasteiger charge is 2.41. The molecule has 0 aliphatic carbocycles. The Kier molecular flexibility index (Phi) is 5.58. The lowest BCUT2D eigenvalue weighted by Gasteiger charge is -2.38. The second-order valence-corrected chi connectivity index (χ2v) is 8.48. The summed E-state index contributed by atoms with van der Waals surface area (Å²) in [6, 6.07) is 22.1. The van der Waals surface area contributed by atoms with Gasteiger partial charge in [-0.1, -0.05) is 0 Å². The van der Waals surface area contributed by atoms with E-state index in [1.165, 1.54) is 0 Å². The molecule has 0 spiro atoms. The summed E-state index contributed by atoms with van der Waals surface area (Å²) in [7, 11) is 3.35. The number of methoxy groups -OCH3 is 2. The van der Waals surface area contributed by atoms with Crippen LogP contribution in [-0.4, -0.2) is 31.0 Å². The maximum atomic E-state index is 6.48. The molecule has 2 heterocycles. The molecule has 3 aromatic carbocycles. The fraction of sp³-hybridized carbons (Fsp3) is 0.296. The third-order valence-corrected chi connectivity index (χ3v) is 5.96. The van der Waals surface area contributed by atoms with Crippen molar-refractivity contribution in [2.45, 2.75) is 38.6 Å². The van der Waals surface area contributed by atoms with E-state index in [0.29, 0.717) is 0 Å². The van der Waals surface area contributed by atoms with Gasteiger partial charge in [0.25, 0.3) is 0 Å². The molecule has 33 heavy (non-hydrogen) atoms. The van der Waals surface area contributed by atoms with Gasteiger partial charge >= 0.3 is 0 Å². The molecule has 0 amide bonds. The molecule has 0 saturated heterocycles. The first-order valence-corrected chi connectivity index (χ1v) is 11.2. The zero-order valence-electron chi connectivity index (χ0n) is 19.3. The minimum Gasteiger partial charge on any atom is -0.497 e. The molecule has 0 unspecified atom stereocenters. The fourth-order valence-corrected chi connectivity index (χ4v) is 4.35. The number of hydrogen-bond acceptors (Lipinski definition) is 6. The van der Waals surface area contributed by atoms with Crippen LogP contribution in [0, 0.1) is 0 Å². The van der Waals surface area contributed by atoms with Crippen LogP contribution in [0.2, 0.25) is 0 Å². The summed E-state index contributed by atoms with van der Waals surface area (Å²) in [6.45, 7) is 4.04. The van der Waals surface area contributed by atoms with Gasteiger partial charge in [0.1, 0.15) is 23.0 Å². The highest BCUT2D eigenvalue weighted by Crippen LogP contribution is 2.48. The number of hydrogen-bond donors (Lipinski definition) is 0. The molecule has 0 bridgehead atoms. The molecule has 170 valence electrons. The summed E-state index contributed by atoms with van der Waals surface area (Å²) >= 11 is 0. The molecule has 0 N–H and O–H groups in total. The van der Waals surface area contributed by atoms with Gasteiger partial charge in [-0.2, -0.15) is 5.10 Å². The largest absolute Gasteiger partial charge is 0.497 e. The number of ether oxygens (including phenoxy) is 4. The maximum Gasteiger partial charge on any atom is 0.213 e. The van der Waals surface area contributed by atoms with Crippen molar-refractivity contribution >= 4 is 5.71 Å². The zero-order chi connectivity index (χ0) is 22.9. The van der Waals surface area contributed by atoms with Crippen LogP contribution in [0.1, 0.15) is 49.2 Å². The molecule has 0 aromatic heterocycles. The Morgan fingerprint density at radius 3 is 2.21 bits per heavy atom. The van der Waals surface area contributed by atoms with Crippen LogP contribution in [0.25, 0.3) is 0 Å². The van der Waals surface area contributed by atoms with Gasteiger partial charge < -0.3 is 18.9 Å². The minimum absolute atomic E-state index is 0.0533. The van der Waals surface area contributed by atoms with E-state index in [1.807, 2.05) is 50.2 Å². The first kappa shape index (κ1) is 21.2. The zero-order valence-corrected chi connectivity index (χ0v) is 19.3. The van der Waals surface area contributed by atoms with Gasteiger partial charge in [0.05, 0.1) is 32.1 Å². The van der Waals surface area contributed by atoms with Crippen molar-refractivity contribution in [1.29, 1.82) is 0 Å². The number of hydrazone groups is 1. The monoisotopic (exact) mass is 444 g/mol. The van der Waals surface area contributed by atoms with Crippen molar-refractivity contribution in [2.75, 3.05) is 14.2 Å². The molecule has 2 aliphatic rings. The third kappa shape index (κ3) is 4.09. The van der Waals surface area contributed by atoms with E-state index in [-0.39, 0.29) is 18.4 Å². The minimum atomic E-state index is -0.334. The second-order valence-electron chi connectivity index (χ2n) is 8.48. The highest BCUT2D eigenvalue weighted by molar-refractivity contribution is 6.02. The van der Waals surface area contributed by atoms with E-state index in [0.717, 1.165) is 51.8 Å². The van der Waals surface area contributed by atoms with E-state index in [1.54, 1.807) is 14.2 Å². The smallest absolute Gasteiger partial charge is 0.213 e. The summed E-state index contributed by atoms with van der Waals surface area (Å²) in [5.74, 6) is 3.34. The van der Waals surface area contributed by atoms with Crippen molar-refractivity contribution in [2.24, 2.45) is 5.10 Å². The molecular weight excluding hydrogens is 416 g/mol. The van der Waals surface area contributed by atoms with Crippen LogP contribution in [0.3, 0.4) is 0 Å². The van der Waals surface area contributed by atoms with Crippen molar-refractivity contribution in [1.82, 2.24) is 5.01 Å². The topological polar surface area (TPSA) is 52.5 Å². The van der Waals surface area contributed by atoms with Crippen LogP contribution >= 0.6 is 0 Å². The maximum absolute atomic E-state index is 6.48. The SMILES string of the molecule is COc1ccc(C2=NN3[C@H](C2)c2cc(OC)ccc2O[C@@H]3c2ccc(OC(C)C)cc2)cc1. The van der Waals surface area contributed by atoms with E-state index < -0.39 is 0 Å². The van der Waals surface area contributed by atoms with E-state index in [4.69, 9.17) is 24.0 Å². The normalized spacial score (nSPS) is 18.8. The Morgan fingerprint density at radius 1 is 0.879 bits per heavy atom. The lowest BCUT2D eigenvalue weighted by atomic mass is 9.95.